The van der Waals surface area contributed by atoms with E-state index in [9.17, 15) is 4.79 Å². The third-order valence-electron chi connectivity index (χ3n) is 3.48. The number of halogens is 1. The van der Waals surface area contributed by atoms with Gasteiger partial charge in [0.05, 0.1) is 30.6 Å². The Balaban J connectivity index is 1.90. The molecule has 0 aliphatic carbocycles. The number of methoxy groups -OCH3 is 2. The van der Waals surface area contributed by atoms with E-state index in [4.69, 9.17) is 21.1 Å². The summed E-state index contributed by atoms with van der Waals surface area (Å²) in [6.07, 6.45) is 3.26. The van der Waals surface area contributed by atoms with Crippen molar-refractivity contribution < 1.29 is 14.3 Å². The van der Waals surface area contributed by atoms with Crippen molar-refractivity contribution in [2.24, 2.45) is 0 Å². The Labute approximate surface area is 159 Å². The number of ether oxygens (including phenoxy) is 2. The number of rotatable bonds is 5. The lowest BCUT2D eigenvalue weighted by atomic mass is 10.2. The van der Waals surface area contributed by atoms with Gasteiger partial charge in [0.15, 0.2) is 10.8 Å². The van der Waals surface area contributed by atoms with Gasteiger partial charge in [-0.1, -0.05) is 11.6 Å². The van der Waals surface area contributed by atoms with Gasteiger partial charge in [-0.15, -0.1) is 11.3 Å². The van der Waals surface area contributed by atoms with Crippen LogP contribution in [-0.4, -0.2) is 35.1 Å². The largest absolute Gasteiger partial charge is 0.495 e. The van der Waals surface area contributed by atoms with Crippen LogP contribution >= 0.6 is 22.9 Å². The van der Waals surface area contributed by atoms with Crippen LogP contribution < -0.4 is 14.8 Å². The van der Waals surface area contributed by atoms with Gasteiger partial charge in [-0.05, 0) is 19.1 Å². The van der Waals surface area contributed by atoms with Crippen molar-refractivity contribution in [3.63, 3.8) is 0 Å². The van der Waals surface area contributed by atoms with E-state index < -0.39 is 0 Å². The number of aromatic nitrogens is 3. The monoisotopic (exact) mass is 390 g/mol. The Morgan fingerprint density at radius 1 is 1.15 bits per heavy atom. The lowest BCUT2D eigenvalue weighted by Crippen LogP contribution is -2.12. The predicted octanol–water partition coefficient (Wildman–Crippen LogP) is 3.83. The minimum absolute atomic E-state index is 0.318. The van der Waals surface area contributed by atoms with E-state index in [-0.39, 0.29) is 5.91 Å². The summed E-state index contributed by atoms with van der Waals surface area (Å²) in [5, 5.41) is 3.74. The minimum Gasteiger partial charge on any atom is -0.495 e. The van der Waals surface area contributed by atoms with Crippen LogP contribution in [0, 0.1) is 6.92 Å². The van der Waals surface area contributed by atoms with Gasteiger partial charge in [-0.2, -0.15) is 0 Å². The molecule has 0 bridgehead atoms. The van der Waals surface area contributed by atoms with E-state index >= 15 is 0 Å². The standard InChI is InChI=1S/C17H15ClN4O3S/c1-9-14(26-17(21-9)15-19-5-4-6-20-15)16(23)22-11-7-10(18)12(24-2)8-13(11)25-3/h4-8H,1-3H3,(H,22,23). The Kier molecular flexibility index (Phi) is 5.34. The number of nitrogens with zero attached hydrogens (tertiary/aromatic N) is 3. The summed E-state index contributed by atoms with van der Waals surface area (Å²) in [5.41, 5.74) is 1.03. The zero-order valence-corrected chi connectivity index (χ0v) is 15.8. The molecule has 9 heteroatoms. The van der Waals surface area contributed by atoms with E-state index in [1.807, 2.05) is 0 Å². The molecule has 2 heterocycles. The van der Waals surface area contributed by atoms with Crippen LogP contribution in [0.15, 0.2) is 30.6 Å². The van der Waals surface area contributed by atoms with Gasteiger partial charge in [0.1, 0.15) is 16.4 Å². The number of hydrogen-bond acceptors (Lipinski definition) is 7. The molecular formula is C17H15ClN4O3S. The number of hydrogen-bond donors (Lipinski definition) is 1. The fraction of sp³-hybridized carbons (Fsp3) is 0.176. The number of amides is 1. The Morgan fingerprint density at radius 3 is 2.50 bits per heavy atom. The molecule has 0 atom stereocenters. The number of nitrogens with one attached hydrogen (secondary N) is 1. The van der Waals surface area contributed by atoms with Crippen molar-refractivity contribution in [2.45, 2.75) is 6.92 Å². The van der Waals surface area contributed by atoms with Crippen LogP contribution in [0.3, 0.4) is 0 Å². The van der Waals surface area contributed by atoms with Crippen molar-refractivity contribution >= 4 is 34.5 Å². The highest BCUT2D eigenvalue weighted by atomic mass is 35.5. The first kappa shape index (κ1) is 18.1. The molecule has 0 radical (unpaired) electrons. The summed E-state index contributed by atoms with van der Waals surface area (Å²) < 4.78 is 10.5. The fourth-order valence-electron chi connectivity index (χ4n) is 2.25. The van der Waals surface area contributed by atoms with Crippen LogP contribution in [0.4, 0.5) is 5.69 Å². The maximum Gasteiger partial charge on any atom is 0.267 e. The maximum atomic E-state index is 12.7. The van der Waals surface area contributed by atoms with Crippen molar-refractivity contribution in [1.29, 1.82) is 0 Å². The quantitative estimate of drug-likeness (QED) is 0.712. The summed E-state index contributed by atoms with van der Waals surface area (Å²) >= 11 is 7.36. The Hall–Kier alpha value is -2.71. The van der Waals surface area contributed by atoms with E-state index in [1.54, 1.807) is 37.5 Å². The molecule has 7 nitrogen and oxygen atoms in total. The van der Waals surface area contributed by atoms with E-state index in [1.165, 1.54) is 25.6 Å². The molecule has 1 aromatic carbocycles. The molecule has 1 amide bonds. The molecular weight excluding hydrogens is 376 g/mol. The van der Waals surface area contributed by atoms with Gasteiger partial charge < -0.3 is 14.8 Å². The number of aryl methyl sites for hydroxylation is 1. The maximum absolute atomic E-state index is 12.7. The molecule has 0 fully saturated rings. The molecule has 2 aromatic heterocycles. The van der Waals surface area contributed by atoms with Crippen molar-refractivity contribution in [1.82, 2.24) is 15.0 Å². The lowest BCUT2D eigenvalue weighted by Gasteiger charge is -2.12. The van der Waals surface area contributed by atoms with Crippen molar-refractivity contribution in [3.05, 3.63) is 46.2 Å². The van der Waals surface area contributed by atoms with Crippen molar-refractivity contribution in [3.8, 4) is 22.3 Å². The highest BCUT2D eigenvalue weighted by molar-refractivity contribution is 7.17. The molecule has 0 spiro atoms. The Morgan fingerprint density at radius 2 is 1.85 bits per heavy atom. The van der Waals surface area contributed by atoms with Gasteiger partial charge in [0.25, 0.3) is 5.91 Å². The topological polar surface area (TPSA) is 86.2 Å². The highest BCUT2D eigenvalue weighted by Gasteiger charge is 2.19. The molecule has 0 saturated heterocycles. The molecule has 0 aliphatic heterocycles. The Bertz CT molecular complexity index is 947. The minimum atomic E-state index is -0.318. The predicted molar refractivity (Wildman–Crippen MR) is 100 cm³/mol. The van der Waals surface area contributed by atoms with Gasteiger partial charge >= 0.3 is 0 Å². The van der Waals surface area contributed by atoms with Crippen LogP contribution in [0.25, 0.3) is 10.8 Å². The van der Waals surface area contributed by atoms with E-state index in [2.05, 4.69) is 20.3 Å². The summed E-state index contributed by atoms with van der Waals surface area (Å²) in [5.74, 6) is 1.05. The second-order valence-electron chi connectivity index (χ2n) is 5.15. The van der Waals surface area contributed by atoms with Gasteiger partial charge in [0.2, 0.25) is 0 Å². The van der Waals surface area contributed by atoms with Gasteiger partial charge in [-0.25, -0.2) is 15.0 Å². The number of carbonyl (C=O) groups is 1. The SMILES string of the molecule is COc1cc(OC)c(NC(=O)c2sc(-c3ncccn3)nc2C)cc1Cl. The van der Waals surface area contributed by atoms with Gasteiger partial charge in [-0.3, -0.25) is 4.79 Å². The van der Waals surface area contributed by atoms with E-state index in [0.717, 1.165) is 0 Å². The number of thiazole rings is 1. The number of anilines is 1. The van der Waals surface area contributed by atoms with Gasteiger partial charge in [0, 0.05) is 18.5 Å². The molecule has 3 aromatic rings. The highest BCUT2D eigenvalue weighted by Crippen LogP contribution is 2.36. The fourth-order valence-corrected chi connectivity index (χ4v) is 3.40. The van der Waals surface area contributed by atoms with E-state index in [0.29, 0.717) is 43.6 Å². The third-order valence-corrected chi connectivity index (χ3v) is 4.93. The first-order chi connectivity index (χ1) is 12.5. The number of benzene rings is 1. The first-order valence-corrected chi connectivity index (χ1v) is 8.70. The average molecular weight is 391 g/mol. The summed E-state index contributed by atoms with van der Waals surface area (Å²) in [6, 6.07) is 4.91. The number of carbonyl (C=O) groups excluding carboxylic acids is 1. The molecule has 0 aliphatic rings. The molecule has 3 rings (SSSR count). The smallest absolute Gasteiger partial charge is 0.267 e. The normalized spacial score (nSPS) is 10.5. The van der Waals surface area contributed by atoms with Crippen LogP contribution in [0.5, 0.6) is 11.5 Å². The summed E-state index contributed by atoms with van der Waals surface area (Å²) in [4.78, 5) is 25.9. The average Bonchev–Trinajstić information content (AvgIpc) is 3.04. The van der Waals surface area contributed by atoms with Crippen molar-refractivity contribution in [2.75, 3.05) is 19.5 Å². The molecule has 134 valence electrons. The zero-order chi connectivity index (χ0) is 18.7. The third kappa shape index (κ3) is 3.61. The summed E-state index contributed by atoms with van der Waals surface area (Å²) in [6.45, 7) is 1.76. The van der Waals surface area contributed by atoms with Crippen LogP contribution in [0.2, 0.25) is 5.02 Å². The van der Waals surface area contributed by atoms with Crippen LogP contribution in [-0.2, 0) is 0 Å². The second-order valence-corrected chi connectivity index (χ2v) is 6.55. The second kappa shape index (κ2) is 7.67. The first-order valence-electron chi connectivity index (χ1n) is 7.51. The zero-order valence-electron chi connectivity index (χ0n) is 14.2. The molecule has 26 heavy (non-hydrogen) atoms. The molecule has 1 N–H and O–H groups in total. The molecule has 0 saturated carbocycles. The lowest BCUT2D eigenvalue weighted by molar-refractivity contribution is 0.102. The van der Waals surface area contributed by atoms with Crippen LogP contribution in [0.1, 0.15) is 15.4 Å². The summed E-state index contributed by atoms with van der Waals surface area (Å²) in [7, 11) is 3.01. The molecule has 0 unspecified atom stereocenters.